The van der Waals surface area contributed by atoms with Crippen LogP contribution in [0.15, 0.2) is 53.5 Å². The van der Waals surface area contributed by atoms with Crippen LogP contribution < -0.4 is 10.6 Å². The second-order valence-electron chi connectivity index (χ2n) is 5.60. The molecule has 0 radical (unpaired) electrons. The molecule has 0 saturated carbocycles. The molecule has 128 valence electrons. The van der Waals surface area contributed by atoms with E-state index in [4.69, 9.17) is 0 Å². The van der Waals surface area contributed by atoms with Gasteiger partial charge in [0.1, 0.15) is 11.0 Å². The molecule has 0 bridgehead atoms. The summed E-state index contributed by atoms with van der Waals surface area (Å²) in [6.07, 6.45) is 0.0689. The van der Waals surface area contributed by atoms with E-state index in [1.54, 1.807) is 12.1 Å². The van der Waals surface area contributed by atoms with E-state index < -0.39 is 5.25 Å². The number of amides is 2. The molecule has 2 amide bonds. The van der Waals surface area contributed by atoms with Crippen molar-refractivity contribution in [2.75, 3.05) is 5.32 Å². The van der Waals surface area contributed by atoms with Gasteiger partial charge in [-0.3, -0.25) is 9.59 Å². The Hall–Kier alpha value is -2.80. The van der Waals surface area contributed by atoms with Crippen molar-refractivity contribution in [1.29, 1.82) is 0 Å². The highest BCUT2D eigenvalue weighted by atomic mass is 32.2. The smallest absolute Gasteiger partial charge is 0.240 e. The Morgan fingerprint density at radius 1 is 1.24 bits per heavy atom. The summed E-state index contributed by atoms with van der Waals surface area (Å²) in [5.41, 5.74) is 2.33. The fourth-order valence-electron chi connectivity index (χ4n) is 2.32. The topological polar surface area (TPSA) is 90.8 Å². The normalized spacial score (nSPS) is 18.2. The molecule has 1 aliphatic heterocycles. The van der Waals surface area contributed by atoms with E-state index in [0.717, 1.165) is 11.3 Å². The molecule has 0 aromatic heterocycles. The monoisotopic (exact) mass is 355 g/mol. The van der Waals surface area contributed by atoms with Gasteiger partial charge in [-0.1, -0.05) is 30.0 Å². The highest BCUT2D eigenvalue weighted by molar-refractivity contribution is 8.15. The number of anilines is 1. The summed E-state index contributed by atoms with van der Waals surface area (Å²) in [5.74, 6) is -0.298. The van der Waals surface area contributed by atoms with Gasteiger partial charge in [0.15, 0.2) is 5.17 Å². The Balaban J connectivity index is 1.62. The zero-order chi connectivity index (χ0) is 17.8. The minimum Gasteiger partial charge on any atom is -0.508 e. The molecular formula is C18H17N3O3S. The molecule has 2 aromatic rings. The summed E-state index contributed by atoms with van der Waals surface area (Å²) in [4.78, 5) is 28.6. The van der Waals surface area contributed by atoms with Crippen LogP contribution in [-0.2, 0) is 9.59 Å². The number of nitrogens with one attached hydrogen (secondary N) is 2. The van der Waals surface area contributed by atoms with Crippen LogP contribution in [0.2, 0.25) is 0 Å². The highest BCUT2D eigenvalue weighted by Gasteiger charge is 2.32. The van der Waals surface area contributed by atoms with E-state index in [1.807, 2.05) is 31.2 Å². The number of rotatable bonds is 4. The highest BCUT2D eigenvalue weighted by Crippen LogP contribution is 2.26. The first-order chi connectivity index (χ1) is 12.0. The second kappa shape index (κ2) is 7.40. The van der Waals surface area contributed by atoms with Gasteiger partial charge in [-0.05, 0) is 42.8 Å². The third-order valence-corrected chi connectivity index (χ3v) is 4.73. The fourth-order valence-corrected chi connectivity index (χ4v) is 3.31. The predicted molar refractivity (Wildman–Crippen MR) is 99.1 cm³/mol. The van der Waals surface area contributed by atoms with E-state index in [9.17, 15) is 14.7 Å². The van der Waals surface area contributed by atoms with Crippen LogP contribution in [0.1, 0.15) is 12.0 Å². The summed E-state index contributed by atoms with van der Waals surface area (Å²) in [5, 5.41) is 14.7. The molecule has 0 spiro atoms. The molecule has 1 aliphatic rings. The molecule has 0 unspecified atom stereocenters. The molecule has 7 heteroatoms. The predicted octanol–water partition coefficient (Wildman–Crippen LogP) is 2.95. The Bertz CT molecular complexity index is 834. The number of phenols is 1. The zero-order valence-corrected chi connectivity index (χ0v) is 14.3. The van der Waals surface area contributed by atoms with Gasteiger partial charge < -0.3 is 15.7 Å². The number of benzene rings is 2. The van der Waals surface area contributed by atoms with Crippen molar-refractivity contribution >= 4 is 40.1 Å². The molecule has 1 saturated heterocycles. The van der Waals surface area contributed by atoms with Crippen LogP contribution >= 0.6 is 11.8 Å². The van der Waals surface area contributed by atoms with Gasteiger partial charge >= 0.3 is 0 Å². The Morgan fingerprint density at radius 3 is 2.68 bits per heavy atom. The number of carbonyl (C=O) groups is 2. The first kappa shape index (κ1) is 17.0. The van der Waals surface area contributed by atoms with Crippen LogP contribution in [0, 0.1) is 6.92 Å². The van der Waals surface area contributed by atoms with E-state index >= 15 is 0 Å². The number of aryl methyl sites for hydroxylation is 1. The molecule has 1 atom stereocenters. The largest absolute Gasteiger partial charge is 0.508 e. The lowest BCUT2D eigenvalue weighted by atomic mass is 10.2. The quantitative estimate of drug-likeness (QED) is 0.786. The summed E-state index contributed by atoms with van der Waals surface area (Å²) in [7, 11) is 0. The minimum atomic E-state index is -0.514. The number of para-hydroxylation sites is 1. The third-order valence-electron chi connectivity index (χ3n) is 3.65. The summed E-state index contributed by atoms with van der Waals surface area (Å²) in [6.45, 7) is 1.91. The van der Waals surface area contributed by atoms with Gasteiger partial charge in [-0.25, -0.2) is 4.99 Å². The lowest BCUT2D eigenvalue weighted by Crippen LogP contribution is -2.28. The van der Waals surface area contributed by atoms with Crippen molar-refractivity contribution in [3.05, 3.63) is 54.1 Å². The Kier molecular flexibility index (Phi) is 5.04. The van der Waals surface area contributed by atoms with E-state index in [2.05, 4.69) is 15.6 Å². The number of aliphatic imine (C=N–C) groups is 1. The number of amidine groups is 1. The average molecular weight is 355 g/mol. The van der Waals surface area contributed by atoms with Gasteiger partial charge in [0.25, 0.3) is 0 Å². The number of hydrogen-bond donors (Lipinski definition) is 3. The maximum absolute atomic E-state index is 12.2. The number of phenolic OH excluding ortho intramolecular Hbond substituents is 1. The van der Waals surface area contributed by atoms with Gasteiger partial charge in [0.2, 0.25) is 11.8 Å². The molecule has 0 aliphatic carbocycles. The number of carbonyl (C=O) groups excluding carboxylic acids is 2. The number of aromatic hydroxyl groups is 1. The van der Waals surface area contributed by atoms with Crippen LogP contribution in [0.4, 0.5) is 11.4 Å². The molecule has 1 heterocycles. The molecule has 2 aromatic carbocycles. The summed E-state index contributed by atoms with van der Waals surface area (Å²) >= 11 is 1.23. The van der Waals surface area contributed by atoms with Crippen LogP contribution in [0.5, 0.6) is 5.75 Å². The zero-order valence-electron chi connectivity index (χ0n) is 13.5. The van der Waals surface area contributed by atoms with Gasteiger partial charge in [-0.15, -0.1) is 0 Å². The molecule has 3 N–H and O–H groups in total. The van der Waals surface area contributed by atoms with Gasteiger partial charge in [0.05, 0.1) is 5.69 Å². The van der Waals surface area contributed by atoms with Crippen LogP contribution in [0.25, 0.3) is 0 Å². The van der Waals surface area contributed by atoms with E-state index in [1.165, 1.54) is 23.9 Å². The van der Waals surface area contributed by atoms with E-state index in [-0.39, 0.29) is 24.0 Å². The Morgan fingerprint density at radius 2 is 1.96 bits per heavy atom. The lowest BCUT2D eigenvalue weighted by Gasteiger charge is -2.09. The first-order valence-electron chi connectivity index (χ1n) is 7.72. The van der Waals surface area contributed by atoms with E-state index in [0.29, 0.717) is 10.9 Å². The maximum atomic E-state index is 12.2. The number of nitrogens with zero attached hydrogens (tertiary/aromatic N) is 1. The summed E-state index contributed by atoms with van der Waals surface area (Å²) < 4.78 is 0. The van der Waals surface area contributed by atoms with Crippen molar-refractivity contribution in [1.82, 2.24) is 5.32 Å². The van der Waals surface area contributed by atoms with Crippen LogP contribution in [0.3, 0.4) is 0 Å². The van der Waals surface area contributed by atoms with Crippen molar-refractivity contribution < 1.29 is 14.7 Å². The van der Waals surface area contributed by atoms with Crippen molar-refractivity contribution in [2.24, 2.45) is 4.99 Å². The van der Waals surface area contributed by atoms with Crippen molar-refractivity contribution in [3.63, 3.8) is 0 Å². The first-order valence-corrected chi connectivity index (χ1v) is 8.60. The standard InChI is InChI=1S/C18H17N3O3S/c1-11-4-2-3-5-14(11)20-16(23)10-15-17(24)21-18(25-15)19-12-6-8-13(22)9-7-12/h2-9,15,22H,10H2,1H3,(H,20,23)(H,19,21,24)/t15-/m1/s1. The molecule has 3 rings (SSSR count). The average Bonchev–Trinajstić information content (AvgIpc) is 2.91. The molecule has 1 fully saturated rings. The Labute approximate surface area is 149 Å². The molecule has 6 nitrogen and oxygen atoms in total. The molecule has 25 heavy (non-hydrogen) atoms. The van der Waals surface area contributed by atoms with Gasteiger partial charge in [-0.2, -0.15) is 0 Å². The van der Waals surface area contributed by atoms with Crippen LogP contribution in [-0.4, -0.2) is 27.3 Å². The SMILES string of the molecule is Cc1ccccc1NC(=O)C[C@H]1SC(=Nc2ccc(O)cc2)NC1=O. The van der Waals surface area contributed by atoms with Crippen molar-refractivity contribution in [2.45, 2.75) is 18.6 Å². The maximum Gasteiger partial charge on any atom is 0.240 e. The van der Waals surface area contributed by atoms with Gasteiger partial charge in [0, 0.05) is 12.1 Å². The fraction of sp³-hybridized carbons (Fsp3) is 0.167. The third kappa shape index (κ3) is 4.39. The second-order valence-corrected chi connectivity index (χ2v) is 6.79. The summed E-state index contributed by atoms with van der Waals surface area (Å²) in [6, 6.07) is 13.8. The lowest BCUT2D eigenvalue weighted by molar-refractivity contribution is -0.122. The number of thioether (sulfide) groups is 1. The number of hydrogen-bond acceptors (Lipinski definition) is 5. The van der Waals surface area contributed by atoms with Crippen molar-refractivity contribution in [3.8, 4) is 5.75 Å². The molecular weight excluding hydrogens is 338 g/mol. The minimum absolute atomic E-state index is 0.0689.